The minimum Gasteiger partial charge on any atom is -0.478 e. The second-order valence-corrected chi connectivity index (χ2v) is 5.83. The molecule has 1 aromatic carbocycles. The number of nitrogens with zero attached hydrogens (tertiary/aromatic N) is 2. The van der Waals surface area contributed by atoms with E-state index >= 15 is 0 Å². The van der Waals surface area contributed by atoms with E-state index in [9.17, 15) is 4.79 Å². The molecule has 0 aliphatic heterocycles. The number of aromatic carboxylic acids is 1. The highest BCUT2D eigenvalue weighted by atomic mass is 16.4. The number of hydrogen-bond acceptors (Lipinski definition) is 2. The van der Waals surface area contributed by atoms with E-state index in [1.54, 1.807) is 18.2 Å². The molecule has 96 valence electrons. The molecule has 18 heavy (non-hydrogen) atoms. The summed E-state index contributed by atoms with van der Waals surface area (Å²) in [5.74, 6) is 0.0792. The number of imidazole rings is 1. The van der Waals surface area contributed by atoms with Crippen molar-refractivity contribution in [1.82, 2.24) is 9.55 Å². The van der Waals surface area contributed by atoms with Crippen molar-refractivity contribution in [2.24, 2.45) is 12.5 Å². The lowest BCUT2D eigenvalue weighted by atomic mass is 9.92. The fraction of sp³-hybridized carbons (Fsp3) is 0.429. The first-order chi connectivity index (χ1) is 8.28. The highest BCUT2D eigenvalue weighted by molar-refractivity contribution is 5.92. The van der Waals surface area contributed by atoms with E-state index in [4.69, 9.17) is 5.11 Å². The van der Waals surface area contributed by atoms with Crippen molar-refractivity contribution in [2.75, 3.05) is 0 Å². The molecule has 0 aliphatic rings. The van der Waals surface area contributed by atoms with E-state index < -0.39 is 5.97 Å². The lowest BCUT2D eigenvalue weighted by Gasteiger charge is -2.17. The molecule has 2 rings (SSSR count). The summed E-state index contributed by atoms with van der Waals surface area (Å²) in [6.07, 6.45) is 0.862. The van der Waals surface area contributed by atoms with Gasteiger partial charge in [0.15, 0.2) is 0 Å². The summed E-state index contributed by atoms with van der Waals surface area (Å²) in [5.41, 5.74) is 2.17. The second-order valence-electron chi connectivity index (χ2n) is 5.83. The van der Waals surface area contributed by atoms with Crippen molar-refractivity contribution in [3.8, 4) is 0 Å². The van der Waals surface area contributed by atoms with Gasteiger partial charge in [0, 0.05) is 13.5 Å². The van der Waals surface area contributed by atoms with E-state index in [2.05, 4.69) is 25.8 Å². The van der Waals surface area contributed by atoms with Crippen LogP contribution in [0.5, 0.6) is 0 Å². The van der Waals surface area contributed by atoms with Gasteiger partial charge in [0.2, 0.25) is 0 Å². The van der Waals surface area contributed by atoms with Gasteiger partial charge in [0.25, 0.3) is 0 Å². The van der Waals surface area contributed by atoms with Gasteiger partial charge >= 0.3 is 5.97 Å². The lowest BCUT2D eigenvalue weighted by molar-refractivity contribution is 0.0697. The Morgan fingerprint density at radius 1 is 1.39 bits per heavy atom. The number of benzene rings is 1. The highest BCUT2D eigenvalue weighted by Gasteiger charge is 2.17. The Bertz CT molecular complexity index is 606. The number of carboxylic acid groups (broad SMARTS) is 1. The quantitative estimate of drug-likeness (QED) is 0.886. The molecule has 0 aliphatic carbocycles. The first-order valence-corrected chi connectivity index (χ1v) is 5.96. The Balaban J connectivity index is 2.53. The molecule has 2 aromatic rings. The largest absolute Gasteiger partial charge is 0.478 e. The van der Waals surface area contributed by atoms with Gasteiger partial charge in [-0.2, -0.15) is 0 Å². The van der Waals surface area contributed by atoms with E-state index in [1.807, 2.05) is 11.6 Å². The average Bonchev–Trinajstić information content (AvgIpc) is 2.53. The summed E-state index contributed by atoms with van der Waals surface area (Å²) in [6.45, 7) is 6.49. The van der Waals surface area contributed by atoms with Crippen LogP contribution in [-0.2, 0) is 13.5 Å². The Morgan fingerprint density at radius 2 is 2.06 bits per heavy atom. The zero-order valence-electron chi connectivity index (χ0n) is 11.2. The molecular weight excluding hydrogens is 228 g/mol. The van der Waals surface area contributed by atoms with Crippen LogP contribution in [0.1, 0.15) is 37.0 Å². The van der Waals surface area contributed by atoms with Crippen LogP contribution in [0, 0.1) is 5.41 Å². The van der Waals surface area contributed by atoms with Gasteiger partial charge in [-0.15, -0.1) is 0 Å². The number of aromatic nitrogens is 2. The predicted molar refractivity (Wildman–Crippen MR) is 70.8 cm³/mol. The normalized spacial score (nSPS) is 12.0. The summed E-state index contributed by atoms with van der Waals surface area (Å²) in [4.78, 5) is 15.5. The topological polar surface area (TPSA) is 55.1 Å². The number of carbonyl (C=O) groups is 1. The fourth-order valence-corrected chi connectivity index (χ4v) is 2.01. The van der Waals surface area contributed by atoms with Gasteiger partial charge in [-0.3, -0.25) is 0 Å². The number of hydrogen-bond donors (Lipinski definition) is 1. The monoisotopic (exact) mass is 246 g/mol. The SMILES string of the molecule is Cn1c(CC(C)(C)C)nc2ccc(C(=O)O)cc21. The first-order valence-electron chi connectivity index (χ1n) is 5.96. The van der Waals surface area contributed by atoms with Gasteiger partial charge < -0.3 is 9.67 Å². The molecular formula is C14H18N2O2. The lowest BCUT2D eigenvalue weighted by Crippen LogP contribution is -2.13. The summed E-state index contributed by atoms with van der Waals surface area (Å²) in [5, 5.41) is 9.00. The Morgan fingerprint density at radius 3 is 2.61 bits per heavy atom. The smallest absolute Gasteiger partial charge is 0.335 e. The van der Waals surface area contributed by atoms with Crippen LogP contribution in [-0.4, -0.2) is 20.6 Å². The summed E-state index contributed by atoms with van der Waals surface area (Å²) in [7, 11) is 1.93. The number of rotatable bonds is 2. The maximum Gasteiger partial charge on any atom is 0.335 e. The first kappa shape index (κ1) is 12.6. The predicted octanol–water partition coefficient (Wildman–Crippen LogP) is 2.86. The van der Waals surface area contributed by atoms with Crippen LogP contribution >= 0.6 is 0 Å². The van der Waals surface area contributed by atoms with E-state index in [0.29, 0.717) is 5.56 Å². The minimum atomic E-state index is -0.907. The molecule has 0 spiro atoms. The maximum atomic E-state index is 11.0. The molecule has 0 bridgehead atoms. The van der Waals surface area contributed by atoms with Gasteiger partial charge in [-0.1, -0.05) is 20.8 Å². The molecule has 0 saturated heterocycles. The van der Waals surface area contributed by atoms with Crippen molar-refractivity contribution in [3.63, 3.8) is 0 Å². The van der Waals surface area contributed by atoms with Crippen LogP contribution in [0.25, 0.3) is 11.0 Å². The number of aryl methyl sites for hydroxylation is 1. The molecule has 0 radical (unpaired) electrons. The summed E-state index contributed by atoms with van der Waals surface area (Å²) >= 11 is 0. The highest BCUT2D eigenvalue weighted by Crippen LogP contribution is 2.23. The van der Waals surface area contributed by atoms with Crippen LogP contribution < -0.4 is 0 Å². The van der Waals surface area contributed by atoms with Crippen LogP contribution in [0.4, 0.5) is 0 Å². The summed E-state index contributed by atoms with van der Waals surface area (Å²) < 4.78 is 1.98. The molecule has 4 heteroatoms. The molecule has 1 N–H and O–H groups in total. The Kier molecular flexibility index (Phi) is 2.89. The van der Waals surface area contributed by atoms with Crippen molar-refractivity contribution >= 4 is 17.0 Å². The van der Waals surface area contributed by atoms with Crippen molar-refractivity contribution < 1.29 is 9.90 Å². The zero-order valence-corrected chi connectivity index (χ0v) is 11.2. The number of carboxylic acids is 1. The Hall–Kier alpha value is -1.84. The fourth-order valence-electron chi connectivity index (χ4n) is 2.01. The van der Waals surface area contributed by atoms with Crippen LogP contribution in [0.3, 0.4) is 0 Å². The van der Waals surface area contributed by atoms with Crippen LogP contribution in [0.2, 0.25) is 0 Å². The van der Waals surface area contributed by atoms with E-state index in [0.717, 1.165) is 23.3 Å². The number of fused-ring (bicyclic) bond motifs is 1. The maximum absolute atomic E-state index is 11.0. The summed E-state index contributed by atoms with van der Waals surface area (Å²) in [6, 6.07) is 5.04. The van der Waals surface area contributed by atoms with Gasteiger partial charge in [0.1, 0.15) is 5.82 Å². The minimum absolute atomic E-state index is 0.158. The molecule has 0 fully saturated rings. The van der Waals surface area contributed by atoms with Gasteiger partial charge in [-0.05, 0) is 23.6 Å². The average molecular weight is 246 g/mol. The van der Waals surface area contributed by atoms with E-state index in [-0.39, 0.29) is 5.41 Å². The molecule has 0 unspecified atom stereocenters. The standard InChI is InChI=1S/C14H18N2O2/c1-14(2,3)8-12-15-10-6-5-9(13(17)18)7-11(10)16(12)4/h5-7H,8H2,1-4H3,(H,17,18). The third kappa shape index (κ3) is 2.37. The second kappa shape index (κ2) is 4.12. The Labute approximate surface area is 106 Å². The third-order valence-corrected chi connectivity index (χ3v) is 2.91. The van der Waals surface area contributed by atoms with Gasteiger partial charge in [0.05, 0.1) is 16.6 Å². The molecule has 1 aromatic heterocycles. The molecule has 0 amide bonds. The molecule has 0 atom stereocenters. The third-order valence-electron chi connectivity index (χ3n) is 2.91. The molecule has 0 saturated carbocycles. The van der Waals surface area contributed by atoms with Crippen molar-refractivity contribution in [2.45, 2.75) is 27.2 Å². The van der Waals surface area contributed by atoms with E-state index in [1.165, 1.54) is 0 Å². The molecule has 1 heterocycles. The van der Waals surface area contributed by atoms with Crippen molar-refractivity contribution in [3.05, 3.63) is 29.6 Å². The zero-order chi connectivity index (χ0) is 13.5. The van der Waals surface area contributed by atoms with Crippen molar-refractivity contribution in [1.29, 1.82) is 0 Å². The van der Waals surface area contributed by atoms with Gasteiger partial charge in [-0.25, -0.2) is 9.78 Å². The van der Waals surface area contributed by atoms with Crippen LogP contribution in [0.15, 0.2) is 18.2 Å². The molecule has 4 nitrogen and oxygen atoms in total.